The molecule has 0 unspecified atom stereocenters. The van der Waals surface area contributed by atoms with Crippen molar-refractivity contribution in [3.63, 3.8) is 0 Å². The lowest BCUT2D eigenvalue weighted by Crippen LogP contribution is -2.32. The molecule has 4 rings (SSSR count). The molecule has 1 aromatic heterocycles. The van der Waals surface area contributed by atoms with Crippen LogP contribution in [0.15, 0.2) is 45.8 Å². The first-order chi connectivity index (χ1) is 13.8. The molecular formula is C22H25N3O3S. The molecular weight excluding hydrogens is 386 g/mol. The average molecular weight is 412 g/mol. The molecule has 2 aromatic carbocycles. The topological polar surface area (TPSA) is 76.3 Å². The fourth-order valence-corrected chi connectivity index (χ4v) is 6.26. The van der Waals surface area contributed by atoms with Crippen molar-refractivity contribution in [3.8, 4) is 11.4 Å². The molecule has 29 heavy (non-hydrogen) atoms. The highest BCUT2D eigenvalue weighted by molar-refractivity contribution is 7.89. The van der Waals surface area contributed by atoms with E-state index in [0.717, 1.165) is 34.2 Å². The molecule has 6 nitrogen and oxygen atoms in total. The normalized spacial score (nSPS) is 17.7. The van der Waals surface area contributed by atoms with Gasteiger partial charge in [-0.25, -0.2) is 8.42 Å². The van der Waals surface area contributed by atoms with Gasteiger partial charge in [-0.05, 0) is 62.8 Å². The van der Waals surface area contributed by atoms with Gasteiger partial charge in [0, 0.05) is 12.1 Å². The van der Waals surface area contributed by atoms with Crippen LogP contribution in [-0.2, 0) is 10.0 Å². The molecule has 2 heterocycles. The van der Waals surface area contributed by atoms with Gasteiger partial charge >= 0.3 is 0 Å². The second-order valence-electron chi connectivity index (χ2n) is 7.69. The Bertz CT molecular complexity index is 1130. The van der Waals surface area contributed by atoms with Gasteiger partial charge in [0.1, 0.15) is 6.04 Å². The summed E-state index contributed by atoms with van der Waals surface area (Å²) >= 11 is 0. The van der Waals surface area contributed by atoms with Crippen LogP contribution in [0.2, 0.25) is 0 Å². The van der Waals surface area contributed by atoms with E-state index in [0.29, 0.717) is 29.6 Å². The Morgan fingerprint density at radius 2 is 1.69 bits per heavy atom. The third kappa shape index (κ3) is 3.38. The van der Waals surface area contributed by atoms with Gasteiger partial charge in [-0.1, -0.05) is 41.6 Å². The zero-order valence-electron chi connectivity index (χ0n) is 17.1. The number of hydrogen-bond donors (Lipinski definition) is 0. The Labute approximate surface area is 171 Å². The van der Waals surface area contributed by atoms with Crippen molar-refractivity contribution in [2.45, 2.75) is 51.5 Å². The fraction of sp³-hybridized carbons (Fsp3) is 0.364. The fourth-order valence-electron chi connectivity index (χ4n) is 4.03. The van der Waals surface area contributed by atoms with Crippen molar-refractivity contribution in [2.24, 2.45) is 0 Å². The van der Waals surface area contributed by atoms with Crippen molar-refractivity contribution in [1.82, 2.24) is 14.4 Å². The minimum atomic E-state index is -3.69. The number of hydrogen-bond acceptors (Lipinski definition) is 5. The van der Waals surface area contributed by atoms with E-state index in [-0.39, 0.29) is 0 Å². The monoisotopic (exact) mass is 411 g/mol. The van der Waals surface area contributed by atoms with Gasteiger partial charge in [-0.3, -0.25) is 0 Å². The van der Waals surface area contributed by atoms with Crippen molar-refractivity contribution in [1.29, 1.82) is 0 Å². The SMILES string of the molecule is Cc1cc(C)c(C)c(S(=O)(=O)N2CCC[C@@H]2c2nc(-c3ccccc3)no2)c1C. The molecule has 1 atom stereocenters. The molecule has 3 aromatic rings. The third-order valence-electron chi connectivity index (χ3n) is 5.83. The van der Waals surface area contributed by atoms with E-state index in [1.807, 2.05) is 64.1 Å². The standard InChI is InChI=1S/C22H25N3O3S/c1-14-13-15(2)17(4)20(16(14)3)29(26,27)25-12-8-11-19(25)22-23-21(24-28-22)18-9-6-5-7-10-18/h5-7,9-10,13,19H,8,11-12H2,1-4H3/t19-/m1/s1. The number of nitrogens with zero attached hydrogens (tertiary/aromatic N) is 3. The summed E-state index contributed by atoms with van der Waals surface area (Å²) < 4.78 is 34.4. The Balaban J connectivity index is 1.74. The molecule has 1 saturated heterocycles. The molecule has 1 fully saturated rings. The third-order valence-corrected chi connectivity index (χ3v) is 8.01. The maximum absolute atomic E-state index is 13.7. The van der Waals surface area contributed by atoms with Crippen LogP contribution < -0.4 is 0 Å². The van der Waals surface area contributed by atoms with E-state index < -0.39 is 16.1 Å². The van der Waals surface area contributed by atoms with Crippen LogP contribution in [0.5, 0.6) is 0 Å². The van der Waals surface area contributed by atoms with E-state index in [4.69, 9.17) is 4.52 Å². The first kappa shape index (κ1) is 19.8. The van der Waals surface area contributed by atoms with Crippen LogP contribution in [-0.4, -0.2) is 29.4 Å². The van der Waals surface area contributed by atoms with Gasteiger partial charge in [0.15, 0.2) is 0 Å². The molecule has 0 aliphatic carbocycles. The van der Waals surface area contributed by atoms with Gasteiger partial charge in [0.05, 0.1) is 4.90 Å². The molecule has 0 spiro atoms. The lowest BCUT2D eigenvalue weighted by molar-refractivity contribution is 0.290. The van der Waals surface area contributed by atoms with Crippen molar-refractivity contribution in [3.05, 3.63) is 64.5 Å². The molecule has 1 aliphatic heterocycles. The van der Waals surface area contributed by atoms with E-state index in [1.54, 1.807) is 0 Å². The Morgan fingerprint density at radius 3 is 2.34 bits per heavy atom. The summed E-state index contributed by atoms with van der Waals surface area (Å²) in [4.78, 5) is 4.92. The van der Waals surface area contributed by atoms with Crippen LogP contribution >= 0.6 is 0 Å². The minimum Gasteiger partial charge on any atom is -0.337 e. The summed E-state index contributed by atoms with van der Waals surface area (Å²) in [6, 6.07) is 11.1. The largest absolute Gasteiger partial charge is 0.337 e. The van der Waals surface area contributed by atoms with E-state index in [2.05, 4.69) is 10.1 Å². The maximum Gasteiger partial charge on any atom is 0.245 e. The molecule has 0 radical (unpaired) electrons. The Hall–Kier alpha value is -2.51. The summed E-state index contributed by atoms with van der Waals surface area (Å²) in [5.41, 5.74) is 4.40. The van der Waals surface area contributed by atoms with Gasteiger partial charge in [0.2, 0.25) is 21.7 Å². The molecule has 0 bridgehead atoms. The lowest BCUT2D eigenvalue weighted by Gasteiger charge is -2.25. The summed E-state index contributed by atoms with van der Waals surface area (Å²) in [6.45, 7) is 8.10. The zero-order chi connectivity index (χ0) is 20.8. The van der Waals surface area contributed by atoms with Crippen LogP contribution in [0.1, 0.15) is 47.0 Å². The zero-order valence-corrected chi connectivity index (χ0v) is 18.0. The predicted molar refractivity (Wildman–Crippen MR) is 111 cm³/mol. The van der Waals surface area contributed by atoms with Gasteiger partial charge in [0.25, 0.3) is 0 Å². The number of rotatable bonds is 4. The highest BCUT2D eigenvalue weighted by Crippen LogP contribution is 2.39. The molecule has 152 valence electrons. The summed E-state index contributed by atoms with van der Waals surface area (Å²) in [6.07, 6.45) is 1.42. The second kappa shape index (κ2) is 7.39. The number of aryl methyl sites for hydroxylation is 2. The predicted octanol–water partition coefficient (Wildman–Crippen LogP) is 4.50. The van der Waals surface area contributed by atoms with E-state index in [1.165, 1.54) is 4.31 Å². The van der Waals surface area contributed by atoms with Crippen LogP contribution in [0.25, 0.3) is 11.4 Å². The summed E-state index contributed by atoms with van der Waals surface area (Å²) in [5.74, 6) is 0.827. The van der Waals surface area contributed by atoms with Crippen molar-refractivity contribution in [2.75, 3.05) is 6.54 Å². The molecule has 0 amide bonds. The Morgan fingerprint density at radius 1 is 1.03 bits per heavy atom. The Kier molecular flexibility index (Phi) is 5.04. The first-order valence-corrected chi connectivity index (χ1v) is 11.2. The van der Waals surface area contributed by atoms with Gasteiger partial charge in [-0.15, -0.1) is 0 Å². The van der Waals surface area contributed by atoms with Crippen LogP contribution in [0.3, 0.4) is 0 Å². The quantitative estimate of drug-likeness (QED) is 0.632. The van der Waals surface area contributed by atoms with Gasteiger partial charge < -0.3 is 4.52 Å². The summed E-state index contributed by atoms with van der Waals surface area (Å²) in [7, 11) is -3.69. The average Bonchev–Trinajstić information content (AvgIpc) is 3.37. The van der Waals surface area contributed by atoms with Crippen molar-refractivity contribution >= 4 is 10.0 Å². The smallest absolute Gasteiger partial charge is 0.245 e. The van der Waals surface area contributed by atoms with E-state index in [9.17, 15) is 8.42 Å². The first-order valence-electron chi connectivity index (χ1n) is 9.79. The van der Waals surface area contributed by atoms with Crippen LogP contribution in [0.4, 0.5) is 0 Å². The molecule has 1 aliphatic rings. The highest BCUT2D eigenvalue weighted by atomic mass is 32.2. The van der Waals surface area contributed by atoms with Crippen molar-refractivity contribution < 1.29 is 12.9 Å². The maximum atomic E-state index is 13.7. The number of sulfonamides is 1. The molecule has 7 heteroatoms. The highest BCUT2D eigenvalue weighted by Gasteiger charge is 2.41. The minimum absolute atomic E-state index is 0.351. The molecule has 0 N–H and O–H groups in total. The number of aromatic nitrogens is 2. The van der Waals surface area contributed by atoms with Crippen LogP contribution in [0, 0.1) is 27.7 Å². The van der Waals surface area contributed by atoms with Gasteiger partial charge in [-0.2, -0.15) is 9.29 Å². The summed E-state index contributed by atoms with van der Waals surface area (Å²) in [5, 5.41) is 4.08. The molecule has 0 saturated carbocycles. The second-order valence-corrected chi connectivity index (χ2v) is 9.51. The number of benzene rings is 2. The lowest BCUT2D eigenvalue weighted by atomic mass is 10.0. The van der Waals surface area contributed by atoms with E-state index >= 15 is 0 Å².